The predicted octanol–water partition coefficient (Wildman–Crippen LogP) is 2.59. The highest BCUT2D eigenvalue weighted by atomic mass is 15.1. The van der Waals surface area contributed by atoms with Gasteiger partial charge in [-0.1, -0.05) is 13.8 Å². The molecule has 11 heavy (non-hydrogen) atoms. The van der Waals surface area contributed by atoms with E-state index < -0.39 is 0 Å². The Labute approximate surface area is 68.3 Å². The second-order valence-corrected chi connectivity index (χ2v) is 3.47. The number of hydrogen-bond acceptors (Lipinski definition) is 1. The van der Waals surface area contributed by atoms with Gasteiger partial charge in [0.15, 0.2) is 0 Å². The topological polar surface area (TPSA) is 17.8 Å². The first-order valence-electron chi connectivity index (χ1n) is 4.14. The van der Waals surface area contributed by atoms with Crippen molar-refractivity contribution in [2.45, 2.75) is 39.7 Å². The van der Waals surface area contributed by atoms with Gasteiger partial charge in [-0.15, -0.1) is 0 Å². The molecule has 0 N–H and O–H groups in total. The molecule has 2 nitrogen and oxygen atoms in total. The van der Waals surface area contributed by atoms with Gasteiger partial charge >= 0.3 is 0 Å². The van der Waals surface area contributed by atoms with Gasteiger partial charge in [0.05, 0.1) is 6.33 Å². The molecule has 0 unspecified atom stereocenters. The fourth-order valence-electron chi connectivity index (χ4n) is 1.19. The number of rotatable bonds is 2. The minimum absolute atomic E-state index is 0.523. The second-order valence-electron chi connectivity index (χ2n) is 3.47. The van der Waals surface area contributed by atoms with Crippen LogP contribution in [0.2, 0.25) is 0 Å². The summed E-state index contributed by atoms with van der Waals surface area (Å²) in [4.78, 5) is 4.13. The summed E-state index contributed by atoms with van der Waals surface area (Å²) in [5.41, 5.74) is 1.32. The molecule has 1 aromatic heterocycles. The van der Waals surface area contributed by atoms with E-state index in [1.165, 1.54) is 5.69 Å². The molecule has 0 aliphatic carbocycles. The first kappa shape index (κ1) is 8.31. The molecule has 1 rings (SSSR count). The second kappa shape index (κ2) is 3.07. The third-order valence-electron chi connectivity index (χ3n) is 1.84. The fraction of sp³-hybridized carbons (Fsp3) is 0.667. The maximum atomic E-state index is 4.13. The number of aromatic nitrogens is 2. The van der Waals surface area contributed by atoms with E-state index >= 15 is 0 Å². The van der Waals surface area contributed by atoms with Crippen LogP contribution in [0, 0.1) is 0 Å². The van der Waals surface area contributed by atoms with Crippen molar-refractivity contribution in [3.8, 4) is 0 Å². The summed E-state index contributed by atoms with van der Waals surface area (Å²) >= 11 is 0. The monoisotopic (exact) mass is 152 g/mol. The maximum absolute atomic E-state index is 4.13. The minimum Gasteiger partial charge on any atom is -0.332 e. The number of hydrogen-bond donors (Lipinski definition) is 0. The van der Waals surface area contributed by atoms with Gasteiger partial charge in [0, 0.05) is 17.9 Å². The first-order chi connectivity index (χ1) is 5.13. The first-order valence-corrected chi connectivity index (χ1v) is 4.14. The van der Waals surface area contributed by atoms with Crippen molar-refractivity contribution in [1.82, 2.24) is 9.55 Å². The predicted molar refractivity (Wildman–Crippen MR) is 46.7 cm³/mol. The lowest BCUT2D eigenvalue weighted by Crippen LogP contribution is -2.05. The molecule has 0 aliphatic heterocycles. The summed E-state index contributed by atoms with van der Waals surface area (Å²) in [6, 6.07) is 0.523. The molecule has 0 fully saturated rings. The quantitative estimate of drug-likeness (QED) is 0.637. The highest BCUT2D eigenvalue weighted by Gasteiger charge is 2.07. The summed E-state index contributed by atoms with van der Waals surface area (Å²) < 4.78 is 2.21. The summed E-state index contributed by atoms with van der Waals surface area (Å²) in [5, 5.41) is 0. The molecule has 0 radical (unpaired) electrons. The molecule has 0 aliphatic rings. The van der Waals surface area contributed by atoms with E-state index in [2.05, 4.69) is 37.2 Å². The van der Waals surface area contributed by atoms with E-state index in [1.807, 2.05) is 12.5 Å². The Balaban J connectivity index is 2.96. The minimum atomic E-state index is 0.523. The lowest BCUT2D eigenvalue weighted by atomic mass is 10.1. The van der Waals surface area contributed by atoms with Crippen LogP contribution in [0.5, 0.6) is 0 Å². The smallest absolute Gasteiger partial charge is 0.0950 e. The van der Waals surface area contributed by atoms with Gasteiger partial charge < -0.3 is 4.57 Å². The van der Waals surface area contributed by atoms with Crippen LogP contribution in [0.25, 0.3) is 0 Å². The zero-order chi connectivity index (χ0) is 8.43. The van der Waals surface area contributed by atoms with Gasteiger partial charge in [-0.2, -0.15) is 0 Å². The maximum Gasteiger partial charge on any atom is 0.0950 e. The molecular weight excluding hydrogens is 136 g/mol. The molecule has 0 bridgehead atoms. The molecule has 0 saturated heterocycles. The van der Waals surface area contributed by atoms with Crippen molar-refractivity contribution in [3.05, 3.63) is 18.2 Å². The van der Waals surface area contributed by atoms with Gasteiger partial charge in [-0.05, 0) is 19.8 Å². The van der Waals surface area contributed by atoms with Gasteiger partial charge in [-0.3, -0.25) is 0 Å². The SMILES string of the molecule is CC(C)c1cncn1C(C)C. The number of imidazole rings is 1. The normalized spacial score (nSPS) is 11.5. The molecule has 0 amide bonds. The van der Waals surface area contributed by atoms with Crippen LogP contribution < -0.4 is 0 Å². The molecule has 2 heteroatoms. The standard InChI is InChI=1S/C9H16N2/c1-7(2)9-5-10-6-11(9)8(3)4/h5-8H,1-4H3. The highest BCUT2D eigenvalue weighted by molar-refractivity contribution is 5.04. The van der Waals surface area contributed by atoms with E-state index in [9.17, 15) is 0 Å². The van der Waals surface area contributed by atoms with Crippen LogP contribution in [0.4, 0.5) is 0 Å². The molecule has 1 aromatic rings. The summed E-state index contributed by atoms with van der Waals surface area (Å²) in [6.07, 6.45) is 3.85. The zero-order valence-corrected chi connectivity index (χ0v) is 7.70. The summed E-state index contributed by atoms with van der Waals surface area (Å²) in [7, 11) is 0. The summed E-state index contributed by atoms with van der Waals surface area (Å²) in [5.74, 6) is 0.569. The Morgan fingerprint density at radius 2 is 1.91 bits per heavy atom. The average molecular weight is 152 g/mol. The van der Waals surface area contributed by atoms with Crippen molar-refractivity contribution in [2.24, 2.45) is 0 Å². The number of nitrogens with zero attached hydrogens (tertiary/aromatic N) is 2. The Kier molecular flexibility index (Phi) is 2.32. The van der Waals surface area contributed by atoms with Crippen LogP contribution in [-0.4, -0.2) is 9.55 Å². The zero-order valence-electron chi connectivity index (χ0n) is 7.70. The van der Waals surface area contributed by atoms with E-state index in [1.54, 1.807) is 0 Å². The third kappa shape index (κ3) is 1.62. The van der Waals surface area contributed by atoms with Crippen molar-refractivity contribution in [3.63, 3.8) is 0 Å². The van der Waals surface area contributed by atoms with Gasteiger partial charge in [0.25, 0.3) is 0 Å². The van der Waals surface area contributed by atoms with Crippen LogP contribution in [-0.2, 0) is 0 Å². The molecule has 0 saturated carbocycles. The largest absolute Gasteiger partial charge is 0.332 e. The molecule has 1 heterocycles. The average Bonchev–Trinajstić information content (AvgIpc) is 2.32. The van der Waals surface area contributed by atoms with Crippen molar-refractivity contribution in [2.75, 3.05) is 0 Å². The van der Waals surface area contributed by atoms with Gasteiger partial charge in [0.1, 0.15) is 0 Å². The van der Waals surface area contributed by atoms with Gasteiger partial charge in [-0.25, -0.2) is 4.98 Å². The van der Waals surface area contributed by atoms with E-state index in [0.717, 1.165) is 0 Å². The highest BCUT2D eigenvalue weighted by Crippen LogP contribution is 2.17. The summed E-state index contributed by atoms with van der Waals surface area (Å²) in [6.45, 7) is 8.73. The lowest BCUT2D eigenvalue weighted by molar-refractivity contribution is 0.558. The molecule has 62 valence electrons. The van der Waals surface area contributed by atoms with E-state index in [-0.39, 0.29) is 0 Å². The van der Waals surface area contributed by atoms with Crippen LogP contribution >= 0.6 is 0 Å². The molecule has 0 spiro atoms. The van der Waals surface area contributed by atoms with Crippen molar-refractivity contribution in [1.29, 1.82) is 0 Å². The molecular formula is C9H16N2. The Morgan fingerprint density at radius 1 is 1.27 bits per heavy atom. The van der Waals surface area contributed by atoms with Crippen LogP contribution in [0.1, 0.15) is 45.3 Å². The Hall–Kier alpha value is -0.790. The molecule has 0 atom stereocenters. The van der Waals surface area contributed by atoms with E-state index in [0.29, 0.717) is 12.0 Å². The van der Waals surface area contributed by atoms with Crippen LogP contribution in [0.3, 0.4) is 0 Å². The van der Waals surface area contributed by atoms with Gasteiger partial charge in [0.2, 0.25) is 0 Å². The fourth-order valence-corrected chi connectivity index (χ4v) is 1.19. The van der Waals surface area contributed by atoms with Crippen molar-refractivity contribution >= 4 is 0 Å². The lowest BCUT2D eigenvalue weighted by Gasteiger charge is -2.13. The Morgan fingerprint density at radius 3 is 2.27 bits per heavy atom. The third-order valence-corrected chi connectivity index (χ3v) is 1.84. The van der Waals surface area contributed by atoms with Crippen LogP contribution in [0.15, 0.2) is 12.5 Å². The molecule has 0 aromatic carbocycles. The van der Waals surface area contributed by atoms with Crippen molar-refractivity contribution < 1.29 is 0 Å². The van der Waals surface area contributed by atoms with E-state index in [4.69, 9.17) is 0 Å². The Bertz CT molecular complexity index is 201.